The van der Waals surface area contributed by atoms with Crippen LogP contribution in [0.25, 0.3) is 0 Å². The van der Waals surface area contributed by atoms with Crippen molar-refractivity contribution in [3.05, 3.63) is 29.8 Å². The third-order valence-electron chi connectivity index (χ3n) is 3.76. The number of para-hydroxylation sites is 1. The van der Waals surface area contributed by atoms with Crippen LogP contribution in [0.5, 0.6) is 5.75 Å². The number of β-amino-alcohol motifs (C(OH)–C–C–N with tert-alkyl or cyclic N) is 1. The number of nitrogens with zero attached hydrogens (tertiary/aromatic N) is 2. The van der Waals surface area contributed by atoms with E-state index in [-0.39, 0.29) is 5.91 Å². The van der Waals surface area contributed by atoms with E-state index in [1.54, 1.807) is 12.0 Å². The summed E-state index contributed by atoms with van der Waals surface area (Å²) in [4.78, 5) is 15.4. The van der Waals surface area contributed by atoms with Gasteiger partial charge in [0.25, 0.3) is 0 Å². The number of likely N-dealkylation sites (tertiary alicyclic amines) is 1. The molecule has 0 aromatic heterocycles. The van der Waals surface area contributed by atoms with Gasteiger partial charge in [0.05, 0.1) is 13.2 Å². The molecule has 21 heavy (non-hydrogen) atoms. The number of carbonyl (C=O) groups is 1. The number of methoxy groups -OCH3 is 1. The number of ether oxygens (including phenoxy) is 1. The van der Waals surface area contributed by atoms with Crippen LogP contribution in [0.15, 0.2) is 24.3 Å². The molecular formula is C16H24N2O3. The number of aliphatic hydroxyl groups excluding tert-OH is 1. The highest BCUT2D eigenvalue weighted by atomic mass is 16.5. The van der Waals surface area contributed by atoms with Gasteiger partial charge < -0.3 is 14.7 Å². The summed E-state index contributed by atoms with van der Waals surface area (Å²) in [6.45, 7) is 2.43. The SMILES string of the molecule is COc1ccccc1CN(C)CC(O)CN1CCCC1=O. The summed E-state index contributed by atoms with van der Waals surface area (Å²) in [5.41, 5.74) is 1.09. The molecule has 1 aliphatic rings. The van der Waals surface area contributed by atoms with E-state index in [0.29, 0.717) is 26.1 Å². The summed E-state index contributed by atoms with van der Waals surface area (Å²) in [5.74, 6) is 1.01. The van der Waals surface area contributed by atoms with E-state index >= 15 is 0 Å². The largest absolute Gasteiger partial charge is 0.496 e. The van der Waals surface area contributed by atoms with Crippen LogP contribution in [0.2, 0.25) is 0 Å². The van der Waals surface area contributed by atoms with Crippen LogP contribution in [-0.2, 0) is 11.3 Å². The fourth-order valence-corrected chi connectivity index (χ4v) is 2.76. The van der Waals surface area contributed by atoms with Crippen molar-refractivity contribution in [1.82, 2.24) is 9.80 Å². The molecule has 5 heteroatoms. The van der Waals surface area contributed by atoms with Crippen molar-refractivity contribution < 1.29 is 14.6 Å². The Kier molecular flexibility index (Phi) is 5.59. The number of benzene rings is 1. The second kappa shape index (κ2) is 7.43. The van der Waals surface area contributed by atoms with E-state index in [4.69, 9.17) is 4.74 Å². The monoisotopic (exact) mass is 292 g/mol. The molecule has 1 aromatic rings. The van der Waals surface area contributed by atoms with Gasteiger partial charge in [0, 0.05) is 38.2 Å². The van der Waals surface area contributed by atoms with Crippen LogP contribution in [0.1, 0.15) is 18.4 Å². The van der Waals surface area contributed by atoms with Crippen molar-refractivity contribution in [3.8, 4) is 5.75 Å². The fourth-order valence-electron chi connectivity index (χ4n) is 2.76. The molecule has 0 aliphatic carbocycles. The van der Waals surface area contributed by atoms with Crippen molar-refractivity contribution in [2.75, 3.05) is 33.8 Å². The maximum absolute atomic E-state index is 11.6. The molecule has 2 rings (SSSR count). The van der Waals surface area contributed by atoms with Crippen molar-refractivity contribution in [3.63, 3.8) is 0 Å². The van der Waals surface area contributed by atoms with Gasteiger partial charge in [-0.3, -0.25) is 9.69 Å². The Labute approximate surface area is 126 Å². The number of aliphatic hydroxyl groups is 1. The lowest BCUT2D eigenvalue weighted by Crippen LogP contribution is -2.39. The standard InChI is InChI=1S/C16H24N2O3/c1-17(10-13-6-3-4-7-15(13)21-2)11-14(19)12-18-9-5-8-16(18)20/h3-4,6-7,14,19H,5,8-12H2,1-2H3. The Morgan fingerprint density at radius 2 is 2.19 bits per heavy atom. The third-order valence-corrected chi connectivity index (χ3v) is 3.76. The lowest BCUT2D eigenvalue weighted by molar-refractivity contribution is -0.129. The zero-order valence-electron chi connectivity index (χ0n) is 12.8. The fraction of sp³-hybridized carbons (Fsp3) is 0.562. The molecule has 1 amide bonds. The summed E-state index contributed by atoms with van der Waals surface area (Å²) in [5, 5.41) is 10.1. The minimum Gasteiger partial charge on any atom is -0.496 e. The van der Waals surface area contributed by atoms with Gasteiger partial charge in [-0.1, -0.05) is 18.2 Å². The average molecular weight is 292 g/mol. The molecule has 0 bridgehead atoms. The van der Waals surface area contributed by atoms with Gasteiger partial charge in [-0.05, 0) is 19.5 Å². The first-order chi connectivity index (χ1) is 10.1. The molecule has 1 saturated heterocycles. The zero-order valence-corrected chi connectivity index (χ0v) is 12.8. The molecule has 5 nitrogen and oxygen atoms in total. The molecule has 1 N–H and O–H groups in total. The van der Waals surface area contributed by atoms with E-state index in [1.807, 2.05) is 36.2 Å². The van der Waals surface area contributed by atoms with Crippen LogP contribution < -0.4 is 4.74 Å². The second-order valence-corrected chi connectivity index (χ2v) is 5.61. The molecule has 116 valence electrons. The maximum atomic E-state index is 11.6. The van der Waals surface area contributed by atoms with Gasteiger partial charge in [-0.2, -0.15) is 0 Å². The van der Waals surface area contributed by atoms with Gasteiger partial charge in [0.2, 0.25) is 5.91 Å². The van der Waals surface area contributed by atoms with Crippen LogP contribution in [0.3, 0.4) is 0 Å². The molecule has 0 radical (unpaired) electrons. The first kappa shape index (κ1) is 15.8. The van der Waals surface area contributed by atoms with E-state index in [9.17, 15) is 9.90 Å². The van der Waals surface area contributed by atoms with Gasteiger partial charge in [-0.15, -0.1) is 0 Å². The van der Waals surface area contributed by atoms with Gasteiger partial charge in [0.15, 0.2) is 0 Å². The summed E-state index contributed by atoms with van der Waals surface area (Å²) in [6, 6.07) is 7.87. The summed E-state index contributed by atoms with van der Waals surface area (Å²) in [6.07, 6.45) is 0.999. The van der Waals surface area contributed by atoms with E-state index in [0.717, 1.165) is 24.3 Å². The summed E-state index contributed by atoms with van der Waals surface area (Å²) >= 11 is 0. The smallest absolute Gasteiger partial charge is 0.222 e. The third kappa shape index (κ3) is 4.44. The molecule has 1 aliphatic heterocycles. The Balaban J connectivity index is 1.83. The Morgan fingerprint density at radius 3 is 2.86 bits per heavy atom. The van der Waals surface area contributed by atoms with Crippen LogP contribution in [0.4, 0.5) is 0 Å². The van der Waals surface area contributed by atoms with Crippen LogP contribution in [-0.4, -0.2) is 60.7 Å². The zero-order chi connectivity index (χ0) is 15.2. The Morgan fingerprint density at radius 1 is 1.43 bits per heavy atom. The highest BCUT2D eigenvalue weighted by Gasteiger charge is 2.23. The van der Waals surface area contributed by atoms with Crippen molar-refractivity contribution in [2.24, 2.45) is 0 Å². The average Bonchev–Trinajstić information content (AvgIpc) is 2.84. The molecule has 1 aromatic carbocycles. The van der Waals surface area contributed by atoms with Crippen molar-refractivity contribution in [2.45, 2.75) is 25.5 Å². The Bertz CT molecular complexity index is 478. The van der Waals surface area contributed by atoms with Crippen molar-refractivity contribution >= 4 is 5.91 Å². The minimum atomic E-state index is -0.522. The predicted octanol–water partition coefficient (Wildman–Crippen LogP) is 1.11. The Hall–Kier alpha value is -1.59. The second-order valence-electron chi connectivity index (χ2n) is 5.61. The molecular weight excluding hydrogens is 268 g/mol. The predicted molar refractivity (Wildman–Crippen MR) is 81.1 cm³/mol. The summed E-state index contributed by atoms with van der Waals surface area (Å²) in [7, 11) is 3.62. The van der Waals surface area contributed by atoms with E-state index < -0.39 is 6.10 Å². The topological polar surface area (TPSA) is 53.0 Å². The minimum absolute atomic E-state index is 0.154. The number of likely N-dealkylation sites (N-methyl/N-ethyl adjacent to an activating group) is 1. The number of hydrogen-bond acceptors (Lipinski definition) is 4. The highest BCUT2D eigenvalue weighted by molar-refractivity contribution is 5.78. The van der Waals surface area contributed by atoms with Gasteiger partial charge in [-0.25, -0.2) is 0 Å². The number of carbonyl (C=O) groups excluding carboxylic acids is 1. The number of amides is 1. The van der Waals surface area contributed by atoms with Crippen molar-refractivity contribution in [1.29, 1.82) is 0 Å². The molecule has 0 spiro atoms. The van der Waals surface area contributed by atoms with E-state index in [1.165, 1.54) is 0 Å². The maximum Gasteiger partial charge on any atom is 0.222 e. The highest BCUT2D eigenvalue weighted by Crippen LogP contribution is 2.19. The molecule has 1 unspecified atom stereocenters. The van der Waals surface area contributed by atoms with Crippen LogP contribution in [0, 0.1) is 0 Å². The quantitative estimate of drug-likeness (QED) is 0.818. The molecule has 1 fully saturated rings. The first-order valence-electron chi connectivity index (χ1n) is 7.36. The number of rotatable bonds is 7. The van der Waals surface area contributed by atoms with Gasteiger partial charge >= 0.3 is 0 Å². The summed E-state index contributed by atoms with van der Waals surface area (Å²) < 4.78 is 5.33. The number of hydrogen-bond donors (Lipinski definition) is 1. The first-order valence-corrected chi connectivity index (χ1v) is 7.36. The molecule has 0 saturated carbocycles. The van der Waals surface area contributed by atoms with Gasteiger partial charge in [0.1, 0.15) is 5.75 Å². The normalized spacial score (nSPS) is 16.6. The van der Waals surface area contributed by atoms with Crippen LogP contribution >= 0.6 is 0 Å². The van der Waals surface area contributed by atoms with E-state index in [2.05, 4.69) is 0 Å². The molecule has 1 atom stereocenters. The lowest BCUT2D eigenvalue weighted by Gasteiger charge is -2.25. The lowest BCUT2D eigenvalue weighted by atomic mass is 10.2. The molecule has 1 heterocycles.